The zero-order valence-corrected chi connectivity index (χ0v) is 14.2. The van der Waals surface area contributed by atoms with Crippen molar-refractivity contribution in [3.63, 3.8) is 0 Å². The Morgan fingerprint density at radius 2 is 1.89 bits per heavy atom. The number of ether oxygens (including phenoxy) is 1. The molecule has 3 aromatic rings. The third-order valence-corrected chi connectivity index (χ3v) is 4.06. The third kappa shape index (κ3) is 3.94. The number of rotatable bonds is 5. The first-order valence-electron chi connectivity index (χ1n) is 8.02. The molecular formula is C19H15F3N2O3. The van der Waals surface area contributed by atoms with Gasteiger partial charge in [-0.15, -0.1) is 0 Å². The van der Waals surface area contributed by atoms with Crippen LogP contribution < -0.4 is 15.6 Å². The van der Waals surface area contributed by atoms with Crippen molar-refractivity contribution in [1.29, 1.82) is 0 Å². The van der Waals surface area contributed by atoms with Gasteiger partial charge in [0.05, 0.1) is 12.8 Å². The number of H-pyrrole nitrogens is 1. The molecule has 0 atom stereocenters. The second kappa shape index (κ2) is 7.53. The van der Waals surface area contributed by atoms with Crippen molar-refractivity contribution in [2.24, 2.45) is 0 Å². The number of carbonyl (C=O) groups excluding carboxylic acids is 1. The number of halogens is 3. The number of aromatic amines is 1. The lowest BCUT2D eigenvalue weighted by Crippen LogP contribution is -2.18. The monoisotopic (exact) mass is 376 g/mol. The SMILES string of the molecule is COc1ccc2[nH]c(=O)c(CCC(=O)Nc3ccc(F)c(F)c3F)cc2c1. The van der Waals surface area contributed by atoms with Gasteiger partial charge in [-0.2, -0.15) is 0 Å². The summed E-state index contributed by atoms with van der Waals surface area (Å²) in [6, 6.07) is 8.45. The Balaban J connectivity index is 1.74. The molecule has 27 heavy (non-hydrogen) atoms. The van der Waals surface area contributed by atoms with E-state index in [4.69, 9.17) is 4.74 Å². The van der Waals surface area contributed by atoms with Crippen molar-refractivity contribution in [1.82, 2.24) is 4.98 Å². The first-order chi connectivity index (χ1) is 12.9. The quantitative estimate of drug-likeness (QED) is 0.670. The molecule has 0 bridgehead atoms. The molecule has 1 amide bonds. The van der Waals surface area contributed by atoms with Crippen LogP contribution in [0.4, 0.5) is 18.9 Å². The predicted molar refractivity (Wildman–Crippen MR) is 94.4 cm³/mol. The Morgan fingerprint density at radius 3 is 2.63 bits per heavy atom. The fourth-order valence-electron chi connectivity index (χ4n) is 2.63. The highest BCUT2D eigenvalue weighted by Gasteiger charge is 2.15. The van der Waals surface area contributed by atoms with E-state index in [9.17, 15) is 22.8 Å². The summed E-state index contributed by atoms with van der Waals surface area (Å²) in [7, 11) is 1.52. The van der Waals surface area contributed by atoms with Gasteiger partial charge in [-0.25, -0.2) is 13.2 Å². The van der Waals surface area contributed by atoms with Crippen molar-refractivity contribution in [2.75, 3.05) is 12.4 Å². The molecule has 1 heterocycles. The topological polar surface area (TPSA) is 71.2 Å². The Kier molecular flexibility index (Phi) is 5.16. The Bertz CT molecular complexity index is 1080. The van der Waals surface area contributed by atoms with Crippen LogP contribution in [0, 0.1) is 17.5 Å². The second-order valence-corrected chi connectivity index (χ2v) is 5.85. The van der Waals surface area contributed by atoms with Gasteiger partial charge in [0.1, 0.15) is 5.75 Å². The van der Waals surface area contributed by atoms with Crippen molar-refractivity contribution in [3.05, 3.63) is 69.8 Å². The molecule has 8 heteroatoms. The number of aromatic nitrogens is 1. The number of carbonyl (C=O) groups is 1. The summed E-state index contributed by atoms with van der Waals surface area (Å²) in [5.74, 6) is -4.49. The number of nitrogens with one attached hydrogen (secondary N) is 2. The molecule has 2 N–H and O–H groups in total. The minimum Gasteiger partial charge on any atom is -0.497 e. The molecule has 3 rings (SSSR count). The molecule has 1 aromatic heterocycles. The van der Waals surface area contributed by atoms with Crippen LogP contribution in [0.15, 0.2) is 41.2 Å². The summed E-state index contributed by atoms with van der Waals surface area (Å²) in [6.45, 7) is 0. The van der Waals surface area contributed by atoms with Crippen LogP contribution in [-0.2, 0) is 11.2 Å². The van der Waals surface area contributed by atoms with Gasteiger partial charge in [0.15, 0.2) is 17.5 Å². The van der Waals surface area contributed by atoms with Crippen molar-refractivity contribution in [3.8, 4) is 5.75 Å². The molecule has 0 radical (unpaired) electrons. The number of aryl methyl sites for hydroxylation is 1. The highest BCUT2D eigenvalue weighted by atomic mass is 19.2. The smallest absolute Gasteiger partial charge is 0.251 e. The van der Waals surface area contributed by atoms with Gasteiger partial charge in [0.25, 0.3) is 5.56 Å². The van der Waals surface area contributed by atoms with Crippen molar-refractivity contribution >= 4 is 22.5 Å². The van der Waals surface area contributed by atoms with Gasteiger partial charge in [-0.3, -0.25) is 9.59 Å². The van der Waals surface area contributed by atoms with Crippen LogP contribution >= 0.6 is 0 Å². The van der Waals surface area contributed by atoms with Crippen LogP contribution in [0.25, 0.3) is 10.9 Å². The van der Waals surface area contributed by atoms with Crippen LogP contribution in [-0.4, -0.2) is 18.0 Å². The van der Waals surface area contributed by atoms with E-state index in [1.54, 1.807) is 24.3 Å². The lowest BCUT2D eigenvalue weighted by molar-refractivity contribution is -0.116. The van der Waals surface area contributed by atoms with Gasteiger partial charge in [0, 0.05) is 22.9 Å². The Hall–Kier alpha value is -3.29. The summed E-state index contributed by atoms with van der Waals surface area (Å²) in [6.07, 6.45) is -0.0589. The molecule has 140 valence electrons. The fourth-order valence-corrected chi connectivity index (χ4v) is 2.63. The van der Waals surface area contributed by atoms with Gasteiger partial charge in [-0.1, -0.05) is 0 Å². The van der Waals surface area contributed by atoms with E-state index in [1.807, 2.05) is 0 Å². The van der Waals surface area contributed by atoms with Gasteiger partial charge >= 0.3 is 0 Å². The molecule has 2 aromatic carbocycles. The molecule has 0 fully saturated rings. The van der Waals surface area contributed by atoms with E-state index in [0.29, 0.717) is 16.8 Å². The van der Waals surface area contributed by atoms with Crippen molar-refractivity contribution in [2.45, 2.75) is 12.8 Å². The van der Waals surface area contributed by atoms with E-state index < -0.39 is 29.0 Å². The average molecular weight is 376 g/mol. The van der Waals surface area contributed by atoms with E-state index in [1.165, 1.54) is 7.11 Å². The maximum Gasteiger partial charge on any atom is 0.251 e. The fraction of sp³-hybridized carbons (Fsp3) is 0.158. The highest BCUT2D eigenvalue weighted by molar-refractivity contribution is 5.91. The molecule has 0 saturated heterocycles. The second-order valence-electron chi connectivity index (χ2n) is 5.85. The number of hydrogen-bond acceptors (Lipinski definition) is 3. The Labute approximate surface area is 151 Å². The van der Waals surface area contributed by atoms with E-state index in [0.717, 1.165) is 17.5 Å². The van der Waals surface area contributed by atoms with Crippen LogP contribution in [0.1, 0.15) is 12.0 Å². The normalized spacial score (nSPS) is 10.8. The molecule has 0 aliphatic rings. The largest absolute Gasteiger partial charge is 0.497 e. The maximum absolute atomic E-state index is 13.6. The number of methoxy groups -OCH3 is 1. The van der Waals surface area contributed by atoms with Crippen molar-refractivity contribution < 1.29 is 22.7 Å². The number of pyridine rings is 1. The molecule has 0 aliphatic heterocycles. The highest BCUT2D eigenvalue weighted by Crippen LogP contribution is 2.21. The average Bonchev–Trinajstić information content (AvgIpc) is 2.66. The number of benzene rings is 2. The maximum atomic E-state index is 13.6. The first-order valence-corrected chi connectivity index (χ1v) is 8.02. The zero-order valence-electron chi connectivity index (χ0n) is 14.2. The molecule has 0 spiro atoms. The van der Waals surface area contributed by atoms with Gasteiger partial charge in [0.2, 0.25) is 5.91 Å². The zero-order chi connectivity index (χ0) is 19.6. The van der Waals surface area contributed by atoms with E-state index >= 15 is 0 Å². The number of fused-ring (bicyclic) bond motifs is 1. The number of hydrogen-bond donors (Lipinski definition) is 2. The number of amides is 1. The third-order valence-electron chi connectivity index (χ3n) is 4.06. The minimum absolute atomic E-state index is 0.0829. The summed E-state index contributed by atoms with van der Waals surface area (Å²) >= 11 is 0. The summed E-state index contributed by atoms with van der Waals surface area (Å²) in [4.78, 5) is 26.8. The summed E-state index contributed by atoms with van der Waals surface area (Å²) < 4.78 is 44.9. The molecular weight excluding hydrogens is 361 g/mol. The van der Waals surface area contributed by atoms with Crippen LogP contribution in [0.2, 0.25) is 0 Å². The number of anilines is 1. The lowest BCUT2D eigenvalue weighted by atomic mass is 10.1. The van der Waals surface area contributed by atoms with Gasteiger partial charge < -0.3 is 15.0 Å². The molecule has 0 aliphatic carbocycles. The van der Waals surface area contributed by atoms with E-state index in [-0.39, 0.29) is 18.4 Å². The standard InChI is InChI=1S/C19H15F3N2O3/c1-27-12-3-5-14-11(9-12)8-10(19(26)24-14)2-7-16(25)23-15-6-4-13(20)17(21)18(15)22/h3-6,8-9H,2,7H2,1H3,(H,23,25)(H,24,26). The van der Waals surface area contributed by atoms with Crippen LogP contribution in [0.3, 0.4) is 0 Å². The molecule has 5 nitrogen and oxygen atoms in total. The minimum atomic E-state index is -1.66. The first kappa shape index (κ1) is 18.5. The molecule has 0 unspecified atom stereocenters. The van der Waals surface area contributed by atoms with Crippen LogP contribution in [0.5, 0.6) is 5.75 Å². The lowest BCUT2D eigenvalue weighted by Gasteiger charge is -2.08. The molecule has 0 saturated carbocycles. The van der Waals surface area contributed by atoms with E-state index in [2.05, 4.69) is 10.3 Å². The van der Waals surface area contributed by atoms with Gasteiger partial charge in [-0.05, 0) is 42.8 Å². The predicted octanol–water partition coefficient (Wildman–Crippen LogP) is 3.53. The summed E-state index contributed by atoms with van der Waals surface area (Å²) in [5.41, 5.74) is 0.171. The Morgan fingerprint density at radius 1 is 1.11 bits per heavy atom. The summed E-state index contributed by atoms with van der Waals surface area (Å²) in [5, 5.41) is 2.90.